The summed E-state index contributed by atoms with van der Waals surface area (Å²) in [5.41, 5.74) is 0.660. The van der Waals surface area contributed by atoms with Gasteiger partial charge in [0.1, 0.15) is 0 Å². The van der Waals surface area contributed by atoms with Crippen LogP contribution >= 0.6 is 11.6 Å². The Labute approximate surface area is 112 Å². The van der Waals surface area contributed by atoms with Crippen LogP contribution in [0.15, 0.2) is 24.3 Å². The van der Waals surface area contributed by atoms with Crippen LogP contribution in [0.4, 0.5) is 4.79 Å². The highest BCUT2D eigenvalue weighted by atomic mass is 35.5. The number of carbonyl (C=O) groups excluding carboxylic acids is 1. The molecule has 1 rings (SSSR count). The van der Waals surface area contributed by atoms with E-state index in [0.29, 0.717) is 17.1 Å². The van der Waals surface area contributed by atoms with E-state index in [9.17, 15) is 4.79 Å². The van der Waals surface area contributed by atoms with Gasteiger partial charge in [0.25, 0.3) is 0 Å². The molecular weight excluding hydrogens is 254 g/mol. The molecule has 0 saturated heterocycles. The third-order valence-corrected chi connectivity index (χ3v) is 2.76. The summed E-state index contributed by atoms with van der Waals surface area (Å²) in [6.07, 6.45) is -0.920. The first-order chi connectivity index (χ1) is 8.56. The van der Waals surface area contributed by atoms with Crippen molar-refractivity contribution in [3.8, 4) is 0 Å². The zero-order valence-electron chi connectivity index (χ0n) is 10.6. The molecule has 2 unspecified atom stereocenters. The number of hydrogen-bond donors (Lipinski definition) is 1. The molecule has 2 atom stereocenters. The third-order valence-electron chi connectivity index (χ3n) is 2.42. The van der Waals surface area contributed by atoms with Crippen LogP contribution in [0, 0.1) is 0 Å². The highest BCUT2D eigenvalue weighted by Crippen LogP contribution is 2.28. The van der Waals surface area contributed by atoms with E-state index < -0.39 is 18.3 Å². The first-order valence-corrected chi connectivity index (χ1v) is 6.34. The molecule has 1 aromatic rings. The van der Waals surface area contributed by atoms with Crippen molar-refractivity contribution < 1.29 is 14.6 Å². The fraction of sp³-hybridized carbons (Fsp3) is 0.462. The number of hydrogen-bond acceptors (Lipinski definition) is 2. The van der Waals surface area contributed by atoms with Crippen LogP contribution < -0.4 is 5.32 Å². The highest BCUT2D eigenvalue weighted by molar-refractivity contribution is 6.31. The molecule has 0 aliphatic heterocycles. The first-order valence-electron chi connectivity index (χ1n) is 5.96. The molecule has 18 heavy (non-hydrogen) atoms. The Morgan fingerprint density at radius 1 is 1.50 bits per heavy atom. The van der Waals surface area contributed by atoms with Gasteiger partial charge in [-0.3, -0.25) is 0 Å². The maximum absolute atomic E-state index is 11.5. The largest absolute Gasteiger partial charge is 0.440 e. The molecule has 0 bridgehead atoms. The Balaban J connectivity index is 2.78. The molecule has 0 saturated carbocycles. The van der Waals surface area contributed by atoms with E-state index in [0.717, 1.165) is 6.42 Å². The smallest absolute Gasteiger partial charge is 0.408 e. The normalized spacial score (nSPS) is 13.8. The minimum absolute atomic E-state index is 0.505. The molecular formula is C13H19ClNO3+. The van der Waals surface area contributed by atoms with Gasteiger partial charge < -0.3 is 15.2 Å². The van der Waals surface area contributed by atoms with Crippen molar-refractivity contribution in [3.05, 3.63) is 34.9 Å². The van der Waals surface area contributed by atoms with Crippen molar-refractivity contribution in [1.29, 1.82) is 0 Å². The molecule has 0 fully saturated rings. The highest BCUT2D eigenvalue weighted by Gasteiger charge is 2.27. The van der Waals surface area contributed by atoms with Crippen molar-refractivity contribution in [2.24, 2.45) is 0 Å². The van der Waals surface area contributed by atoms with E-state index in [1.165, 1.54) is 0 Å². The van der Waals surface area contributed by atoms with Gasteiger partial charge in [-0.15, -0.1) is 0 Å². The Kier molecular flexibility index (Phi) is 5.95. The van der Waals surface area contributed by atoms with Gasteiger partial charge in [0.15, 0.2) is 6.10 Å². The van der Waals surface area contributed by atoms with Gasteiger partial charge in [-0.1, -0.05) is 36.7 Å². The Morgan fingerprint density at radius 3 is 2.72 bits per heavy atom. The quantitative estimate of drug-likeness (QED) is 0.838. The summed E-state index contributed by atoms with van der Waals surface area (Å²) in [6.45, 7) is 4.18. The third kappa shape index (κ3) is 4.20. The van der Waals surface area contributed by atoms with E-state index in [4.69, 9.17) is 21.4 Å². The van der Waals surface area contributed by atoms with Gasteiger partial charge in [0.05, 0.1) is 0 Å². The summed E-state index contributed by atoms with van der Waals surface area (Å²) in [4.78, 5) is 11.5. The number of carbonyl (C=O) groups is 1. The van der Waals surface area contributed by atoms with Crippen molar-refractivity contribution in [3.63, 3.8) is 0 Å². The number of benzene rings is 1. The second kappa shape index (κ2) is 7.24. The molecule has 3 N–H and O–H groups in total. The molecule has 0 aliphatic carbocycles. The summed E-state index contributed by atoms with van der Waals surface area (Å²) >= 11 is 6.06. The summed E-state index contributed by atoms with van der Waals surface area (Å²) < 4.78 is 5.26. The molecule has 1 amide bonds. The SMILES string of the molecule is CCCNC(=O)OC(c1ccccc1Cl)C(C)[OH2+]. The Hall–Kier alpha value is -1.26. The summed E-state index contributed by atoms with van der Waals surface area (Å²) in [6, 6.07) is 7.10. The fourth-order valence-corrected chi connectivity index (χ4v) is 1.77. The van der Waals surface area contributed by atoms with Crippen molar-refractivity contribution in [2.45, 2.75) is 32.5 Å². The van der Waals surface area contributed by atoms with E-state index in [1.54, 1.807) is 25.1 Å². The first kappa shape index (κ1) is 14.8. The van der Waals surface area contributed by atoms with Gasteiger partial charge in [0, 0.05) is 24.1 Å². The van der Waals surface area contributed by atoms with Crippen molar-refractivity contribution >= 4 is 17.7 Å². The molecule has 100 valence electrons. The van der Waals surface area contributed by atoms with Crippen LogP contribution in [0.1, 0.15) is 31.9 Å². The molecule has 0 radical (unpaired) electrons. The lowest BCUT2D eigenvalue weighted by Crippen LogP contribution is -2.30. The van der Waals surface area contributed by atoms with Crippen molar-refractivity contribution in [1.82, 2.24) is 5.32 Å². The molecule has 0 heterocycles. The number of nitrogens with one attached hydrogen (secondary N) is 1. The lowest BCUT2D eigenvalue weighted by Gasteiger charge is -2.19. The number of halogens is 1. The lowest BCUT2D eigenvalue weighted by molar-refractivity contribution is 0.0108. The molecule has 0 spiro atoms. The van der Waals surface area contributed by atoms with Gasteiger partial charge in [0.2, 0.25) is 6.10 Å². The lowest BCUT2D eigenvalue weighted by atomic mass is 10.1. The van der Waals surface area contributed by atoms with Crippen LogP contribution in [0.3, 0.4) is 0 Å². The summed E-state index contributed by atoms with van der Waals surface area (Å²) in [5.74, 6) is 0. The molecule has 0 aromatic heterocycles. The van der Waals surface area contributed by atoms with Gasteiger partial charge in [-0.05, 0) is 12.5 Å². The van der Waals surface area contributed by atoms with Crippen LogP contribution in [0.2, 0.25) is 5.02 Å². The van der Waals surface area contributed by atoms with Gasteiger partial charge in [-0.25, -0.2) is 4.79 Å². The van der Waals surface area contributed by atoms with Crippen molar-refractivity contribution in [2.75, 3.05) is 6.54 Å². The average Bonchev–Trinajstić information content (AvgIpc) is 2.34. The minimum Gasteiger partial charge on any atom is -0.440 e. The van der Waals surface area contributed by atoms with E-state index >= 15 is 0 Å². The predicted molar refractivity (Wildman–Crippen MR) is 72.0 cm³/mol. The topological polar surface area (TPSA) is 61.2 Å². The standard InChI is InChI=1S/C13H18ClNO3/c1-3-8-15-13(17)18-12(9(2)16)10-6-4-5-7-11(10)14/h4-7,9,12,16H,3,8H2,1-2H3,(H,15,17)/p+1. The monoisotopic (exact) mass is 272 g/mol. The van der Waals surface area contributed by atoms with Gasteiger partial charge >= 0.3 is 6.09 Å². The summed E-state index contributed by atoms with van der Waals surface area (Å²) in [7, 11) is 0. The second-order valence-electron chi connectivity index (χ2n) is 4.06. The predicted octanol–water partition coefficient (Wildman–Crippen LogP) is 2.63. The number of ether oxygens (including phenoxy) is 1. The minimum atomic E-state index is -0.657. The molecule has 0 aliphatic rings. The van der Waals surface area contributed by atoms with E-state index in [2.05, 4.69) is 5.32 Å². The maximum Gasteiger partial charge on any atom is 0.408 e. The average molecular weight is 273 g/mol. The number of alkyl carbamates (subject to hydrolysis) is 1. The van der Waals surface area contributed by atoms with E-state index in [1.807, 2.05) is 13.0 Å². The molecule has 1 aromatic carbocycles. The summed E-state index contributed by atoms with van der Waals surface area (Å²) in [5, 5.41) is 10.9. The van der Waals surface area contributed by atoms with Crippen LogP contribution in [-0.2, 0) is 4.74 Å². The van der Waals surface area contributed by atoms with Crippen LogP contribution in [0.5, 0.6) is 0 Å². The number of amides is 1. The Bertz CT molecular complexity index is 396. The fourth-order valence-electron chi connectivity index (χ4n) is 1.52. The second-order valence-corrected chi connectivity index (χ2v) is 4.47. The zero-order chi connectivity index (χ0) is 13.5. The van der Waals surface area contributed by atoms with Crippen LogP contribution in [-0.4, -0.2) is 23.8 Å². The molecule has 4 nitrogen and oxygen atoms in total. The van der Waals surface area contributed by atoms with E-state index in [-0.39, 0.29) is 0 Å². The Morgan fingerprint density at radius 2 is 2.17 bits per heavy atom. The maximum atomic E-state index is 11.5. The molecule has 5 heteroatoms. The van der Waals surface area contributed by atoms with Crippen LogP contribution in [0.25, 0.3) is 0 Å². The van der Waals surface area contributed by atoms with Gasteiger partial charge in [-0.2, -0.15) is 0 Å². The number of rotatable bonds is 5. The zero-order valence-corrected chi connectivity index (χ0v) is 11.3.